The molecule has 0 radical (unpaired) electrons. The average molecular weight is 349 g/mol. The van der Waals surface area contributed by atoms with Gasteiger partial charge in [0.25, 0.3) is 5.91 Å². The summed E-state index contributed by atoms with van der Waals surface area (Å²) >= 11 is 0. The zero-order valence-electron chi connectivity index (χ0n) is 14.6. The fraction of sp³-hybridized carbons (Fsp3) is 0.150. The van der Waals surface area contributed by atoms with Crippen molar-refractivity contribution in [3.63, 3.8) is 0 Å². The fourth-order valence-electron chi connectivity index (χ4n) is 2.21. The van der Waals surface area contributed by atoms with Gasteiger partial charge in [-0.05, 0) is 37.3 Å². The van der Waals surface area contributed by atoms with E-state index in [4.69, 9.17) is 10.00 Å². The van der Waals surface area contributed by atoms with E-state index in [9.17, 15) is 9.59 Å². The van der Waals surface area contributed by atoms with Crippen LogP contribution in [0.1, 0.15) is 17.3 Å². The molecule has 1 N–H and O–H groups in total. The molecular weight excluding hydrogens is 330 g/mol. The second-order valence-electron chi connectivity index (χ2n) is 5.32. The van der Waals surface area contributed by atoms with Gasteiger partial charge in [-0.1, -0.05) is 24.3 Å². The number of benzene rings is 2. The molecule has 132 valence electrons. The number of amides is 1. The highest BCUT2D eigenvalue weighted by atomic mass is 16.5. The normalized spacial score (nSPS) is 10.6. The predicted molar refractivity (Wildman–Crippen MR) is 99.6 cm³/mol. The van der Waals surface area contributed by atoms with Crippen LogP contribution in [0, 0.1) is 11.3 Å². The third-order valence-electron chi connectivity index (χ3n) is 3.56. The molecule has 0 fully saturated rings. The first-order valence-corrected chi connectivity index (χ1v) is 8.04. The van der Waals surface area contributed by atoms with E-state index in [1.165, 1.54) is 6.20 Å². The van der Waals surface area contributed by atoms with Crippen LogP contribution in [0.5, 0.6) is 0 Å². The van der Waals surface area contributed by atoms with Crippen molar-refractivity contribution in [2.45, 2.75) is 6.92 Å². The van der Waals surface area contributed by atoms with Crippen LogP contribution in [-0.2, 0) is 9.53 Å². The Balaban J connectivity index is 2.16. The van der Waals surface area contributed by atoms with E-state index in [0.29, 0.717) is 11.3 Å². The summed E-state index contributed by atoms with van der Waals surface area (Å²) in [7, 11) is 1.70. The Morgan fingerprint density at radius 2 is 1.92 bits per heavy atom. The van der Waals surface area contributed by atoms with Gasteiger partial charge in [-0.2, -0.15) is 5.26 Å². The Labute approximate surface area is 152 Å². The molecule has 0 atom stereocenters. The maximum Gasteiger partial charge on any atom is 0.350 e. The summed E-state index contributed by atoms with van der Waals surface area (Å²) in [5.74, 6) is -0.867. The van der Waals surface area contributed by atoms with Gasteiger partial charge in [0.1, 0.15) is 6.07 Å². The predicted octanol–water partition coefficient (Wildman–Crippen LogP) is 3.35. The molecule has 0 bridgehead atoms. The fourth-order valence-corrected chi connectivity index (χ4v) is 2.21. The molecule has 0 unspecified atom stereocenters. The zero-order chi connectivity index (χ0) is 18.9. The lowest BCUT2D eigenvalue weighted by Crippen LogP contribution is -2.26. The molecule has 0 aliphatic carbocycles. The second-order valence-corrected chi connectivity index (χ2v) is 5.32. The highest BCUT2D eigenvalue weighted by Gasteiger charge is 2.14. The summed E-state index contributed by atoms with van der Waals surface area (Å²) < 4.78 is 4.80. The van der Waals surface area contributed by atoms with E-state index < -0.39 is 5.97 Å². The first-order chi connectivity index (χ1) is 12.6. The topological polar surface area (TPSA) is 82.4 Å². The minimum Gasteiger partial charge on any atom is -0.462 e. The Morgan fingerprint density at radius 3 is 2.58 bits per heavy atom. The Kier molecular flexibility index (Phi) is 6.52. The van der Waals surface area contributed by atoms with Gasteiger partial charge >= 0.3 is 5.97 Å². The third-order valence-corrected chi connectivity index (χ3v) is 3.56. The summed E-state index contributed by atoms with van der Waals surface area (Å²) in [6, 6.07) is 17.9. The van der Waals surface area contributed by atoms with Crippen molar-refractivity contribution in [3.8, 4) is 6.07 Å². The molecule has 0 heterocycles. The van der Waals surface area contributed by atoms with Crippen LogP contribution in [-0.4, -0.2) is 25.5 Å². The number of nitriles is 1. The number of carbonyl (C=O) groups is 2. The Hall–Kier alpha value is -3.59. The minimum absolute atomic E-state index is 0.148. The lowest BCUT2D eigenvalue weighted by molar-refractivity contribution is -0.138. The van der Waals surface area contributed by atoms with Gasteiger partial charge < -0.3 is 15.0 Å². The number of para-hydroxylation sites is 1. The lowest BCUT2D eigenvalue weighted by Gasteiger charge is -2.17. The molecule has 0 saturated heterocycles. The molecule has 1 amide bonds. The van der Waals surface area contributed by atoms with E-state index in [1.54, 1.807) is 49.2 Å². The second kappa shape index (κ2) is 9.04. The number of carbonyl (C=O) groups excluding carboxylic acids is 2. The van der Waals surface area contributed by atoms with Crippen LogP contribution in [0.3, 0.4) is 0 Å². The number of rotatable bonds is 6. The third kappa shape index (κ3) is 4.71. The molecule has 0 spiro atoms. The molecular formula is C20H19N3O3. The van der Waals surface area contributed by atoms with Crippen molar-refractivity contribution < 1.29 is 14.3 Å². The number of anilines is 2. The van der Waals surface area contributed by atoms with Crippen molar-refractivity contribution >= 4 is 23.3 Å². The van der Waals surface area contributed by atoms with Crippen LogP contribution in [0.25, 0.3) is 0 Å². The van der Waals surface area contributed by atoms with Gasteiger partial charge in [0.2, 0.25) is 0 Å². The quantitative estimate of drug-likeness (QED) is 0.491. The Morgan fingerprint density at radius 1 is 1.19 bits per heavy atom. The molecule has 0 aromatic heterocycles. The maximum atomic E-state index is 12.6. The van der Waals surface area contributed by atoms with Crippen LogP contribution in [0.15, 0.2) is 66.4 Å². The molecule has 0 saturated carbocycles. The van der Waals surface area contributed by atoms with Gasteiger partial charge in [0.15, 0.2) is 5.57 Å². The SMILES string of the molecule is CCOC(=O)/C(C#N)=C\Nc1cccc(C(=O)N(C)c2ccccc2)c1. The molecule has 2 aromatic rings. The number of esters is 1. The summed E-state index contributed by atoms with van der Waals surface area (Å²) in [4.78, 5) is 25.8. The van der Waals surface area contributed by atoms with Crippen molar-refractivity contribution in [2.75, 3.05) is 23.9 Å². The number of nitrogens with one attached hydrogen (secondary N) is 1. The smallest absolute Gasteiger partial charge is 0.350 e. The zero-order valence-corrected chi connectivity index (χ0v) is 14.6. The number of nitrogens with zero attached hydrogens (tertiary/aromatic N) is 2. The standard InChI is InChI=1S/C20H19N3O3/c1-3-26-20(25)16(13-21)14-22-17-9-7-8-15(12-17)19(24)23(2)18-10-5-4-6-11-18/h4-12,14,22H,3H2,1-2H3/b16-14-. The molecule has 6 nitrogen and oxygen atoms in total. The molecule has 6 heteroatoms. The van der Waals surface area contributed by atoms with Crippen LogP contribution in [0.4, 0.5) is 11.4 Å². The first kappa shape index (κ1) is 18.7. The summed E-state index contributed by atoms with van der Waals surface area (Å²) in [6.45, 7) is 1.85. The van der Waals surface area contributed by atoms with Crippen molar-refractivity contribution in [1.82, 2.24) is 0 Å². The van der Waals surface area contributed by atoms with E-state index >= 15 is 0 Å². The van der Waals surface area contributed by atoms with Gasteiger partial charge in [-0.15, -0.1) is 0 Å². The number of hydrogen-bond donors (Lipinski definition) is 1. The molecule has 2 aromatic carbocycles. The highest BCUT2D eigenvalue weighted by Crippen LogP contribution is 2.17. The van der Waals surface area contributed by atoms with Gasteiger partial charge in [-0.3, -0.25) is 4.79 Å². The van der Waals surface area contributed by atoms with Gasteiger partial charge in [0.05, 0.1) is 6.61 Å². The maximum absolute atomic E-state index is 12.6. The van der Waals surface area contributed by atoms with E-state index in [1.807, 2.05) is 30.3 Å². The summed E-state index contributed by atoms with van der Waals surface area (Å²) in [5.41, 5.74) is 1.69. The summed E-state index contributed by atoms with van der Waals surface area (Å²) in [5, 5.41) is 11.9. The monoisotopic (exact) mass is 349 g/mol. The van der Waals surface area contributed by atoms with E-state index in [0.717, 1.165) is 5.69 Å². The molecule has 2 rings (SSSR count). The number of hydrogen-bond acceptors (Lipinski definition) is 5. The van der Waals surface area contributed by atoms with Gasteiger partial charge in [0, 0.05) is 30.2 Å². The van der Waals surface area contributed by atoms with Crippen LogP contribution in [0.2, 0.25) is 0 Å². The molecule has 0 aliphatic heterocycles. The molecule has 26 heavy (non-hydrogen) atoms. The first-order valence-electron chi connectivity index (χ1n) is 8.04. The van der Waals surface area contributed by atoms with Crippen LogP contribution < -0.4 is 10.2 Å². The lowest BCUT2D eigenvalue weighted by atomic mass is 10.1. The minimum atomic E-state index is -0.696. The van der Waals surface area contributed by atoms with Gasteiger partial charge in [-0.25, -0.2) is 4.79 Å². The van der Waals surface area contributed by atoms with E-state index in [2.05, 4.69) is 5.32 Å². The molecule has 0 aliphatic rings. The highest BCUT2D eigenvalue weighted by molar-refractivity contribution is 6.06. The van der Waals surface area contributed by atoms with Crippen LogP contribution >= 0.6 is 0 Å². The average Bonchev–Trinajstić information content (AvgIpc) is 2.68. The summed E-state index contributed by atoms with van der Waals surface area (Å²) in [6.07, 6.45) is 1.27. The Bertz CT molecular complexity index is 854. The van der Waals surface area contributed by atoms with Crippen molar-refractivity contribution in [3.05, 3.63) is 71.9 Å². The van der Waals surface area contributed by atoms with Crippen molar-refractivity contribution in [1.29, 1.82) is 5.26 Å². The van der Waals surface area contributed by atoms with E-state index in [-0.39, 0.29) is 18.1 Å². The van der Waals surface area contributed by atoms with Crippen molar-refractivity contribution in [2.24, 2.45) is 0 Å². The number of ether oxygens (including phenoxy) is 1. The largest absolute Gasteiger partial charge is 0.462 e.